The number of quaternary nitrogens is 1. The number of esters is 1. The van der Waals surface area contributed by atoms with Crippen LogP contribution in [0.3, 0.4) is 0 Å². The Labute approximate surface area is 514 Å². The normalized spacial score (nSPS) is 14.1. The van der Waals surface area contributed by atoms with Crippen molar-refractivity contribution < 1.29 is 37.3 Å². The van der Waals surface area contributed by atoms with Crippen molar-refractivity contribution in [3.63, 3.8) is 0 Å². The maximum Gasteiger partial charge on any atom is 0.306 e. The first-order valence-corrected chi connectivity index (χ1v) is 36.4. The fourth-order valence-corrected chi connectivity index (χ4v) is 10.6. The number of nitrogens with one attached hydrogen (secondary N) is 1. The highest BCUT2D eigenvalue weighted by molar-refractivity contribution is 7.45. The number of hydrogen-bond donors (Lipinski definition) is 1. The molecular formula is C73H133N2O7P. The summed E-state index contributed by atoms with van der Waals surface area (Å²) in [4.78, 5) is 40.1. The van der Waals surface area contributed by atoms with Crippen LogP contribution in [0, 0.1) is 0 Å². The van der Waals surface area contributed by atoms with Gasteiger partial charge in [0.2, 0.25) is 5.91 Å². The molecule has 0 fully saturated rings. The molecule has 0 saturated carbocycles. The summed E-state index contributed by atoms with van der Waals surface area (Å²) in [6.07, 6.45) is 82.7. The van der Waals surface area contributed by atoms with Gasteiger partial charge in [-0.15, -0.1) is 0 Å². The van der Waals surface area contributed by atoms with E-state index in [1.165, 1.54) is 186 Å². The third kappa shape index (κ3) is 63.5. The summed E-state index contributed by atoms with van der Waals surface area (Å²) in [6.45, 7) is 6.80. The van der Waals surface area contributed by atoms with Crippen LogP contribution in [0.15, 0.2) is 85.1 Å². The zero-order chi connectivity index (χ0) is 60.7. The largest absolute Gasteiger partial charge is 0.756 e. The van der Waals surface area contributed by atoms with Crippen molar-refractivity contribution in [3.8, 4) is 0 Å². The molecule has 83 heavy (non-hydrogen) atoms. The summed E-state index contributed by atoms with van der Waals surface area (Å²) < 4.78 is 30.4. The molecule has 0 aliphatic carbocycles. The van der Waals surface area contributed by atoms with Gasteiger partial charge in [0, 0.05) is 12.8 Å². The topological polar surface area (TPSA) is 114 Å². The van der Waals surface area contributed by atoms with Crippen molar-refractivity contribution >= 4 is 19.7 Å². The first kappa shape index (κ1) is 80.2. The van der Waals surface area contributed by atoms with Gasteiger partial charge in [0.15, 0.2) is 0 Å². The van der Waals surface area contributed by atoms with Crippen molar-refractivity contribution in [1.29, 1.82) is 0 Å². The minimum Gasteiger partial charge on any atom is -0.756 e. The summed E-state index contributed by atoms with van der Waals surface area (Å²) in [7, 11) is 1.17. The molecule has 0 aromatic rings. The average Bonchev–Trinajstić information content (AvgIpc) is 3.51. The lowest BCUT2D eigenvalue weighted by atomic mass is 10.0. The quantitative estimate of drug-likeness (QED) is 0.0212. The summed E-state index contributed by atoms with van der Waals surface area (Å²) >= 11 is 0. The summed E-state index contributed by atoms with van der Waals surface area (Å²) in [5.41, 5.74) is 0. The Balaban J connectivity index is 5.08. The number of unbranched alkanes of at least 4 members (excludes halogenated alkanes) is 35. The molecule has 0 aliphatic rings. The number of carbonyl (C=O) groups excluding carboxylic acids is 2. The number of amides is 1. The number of rotatable bonds is 63. The minimum atomic E-state index is -4.71. The third-order valence-electron chi connectivity index (χ3n) is 15.3. The zero-order valence-electron chi connectivity index (χ0n) is 55.1. The van der Waals surface area contributed by atoms with Crippen LogP contribution in [0.1, 0.15) is 316 Å². The van der Waals surface area contributed by atoms with Gasteiger partial charge < -0.3 is 28.5 Å². The maximum absolute atomic E-state index is 13.6. The average molecular weight is 1180 g/mol. The standard InChI is InChI=1S/C73H133N2O7P/c1-7-10-13-16-19-22-25-27-29-31-33-35-37-39-41-43-45-47-50-53-56-59-62-65-72(76)74-70(69-81-83(78,79)80-68-67-75(4,5)6)71(64-61-58-55-52-49-24-21-18-15-12-9-3)82-73(77)66-63-60-57-54-51-48-46-44-42-40-38-36-34-32-30-28-26-23-20-17-14-11-8-2/h19-20,22-23,27-30,33,35,39,41,61,64,70-71H,7-18,21,24-26,31-32,34,36-38,40,42-60,62-63,65-69H2,1-6H3,(H-,74,76,78,79)/b22-19-,23-20-,29-27-,30-28-,35-33-,41-39-,64-61+. The third-order valence-corrected chi connectivity index (χ3v) is 16.3. The van der Waals surface area contributed by atoms with E-state index in [2.05, 4.69) is 99.0 Å². The molecule has 482 valence electrons. The highest BCUT2D eigenvalue weighted by Crippen LogP contribution is 2.38. The van der Waals surface area contributed by atoms with Gasteiger partial charge in [-0.25, -0.2) is 0 Å². The second kappa shape index (κ2) is 62.2. The molecule has 3 unspecified atom stereocenters. The number of nitrogens with zero attached hydrogens (tertiary/aromatic N) is 1. The lowest BCUT2D eigenvalue weighted by Crippen LogP contribution is -2.47. The van der Waals surface area contributed by atoms with E-state index in [9.17, 15) is 19.0 Å². The molecule has 0 heterocycles. The second-order valence-electron chi connectivity index (χ2n) is 24.7. The molecule has 0 spiro atoms. The number of likely N-dealkylation sites (N-methyl/N-ethyl adjacent to an activating group) is 1. The van der Waals surface area contributed by atoms with Gasteiger partial charge >= 0.3 is 5.97 Å². The van der Waals surface area contributed by atoms with Gasteiger partial charge in [-0.3, -0.25) is 14.2 Å². The molecule has 10 heteroatoms. The molecule has 3 atom stereocenters. The van der Waals surface area contributed by atoms with Crippen LogP contribution in [0.5, 0.6) is 0 Å². The molecule has 0 aliphatic heterocycles. The van der Waals surface area contributed by atoms with E-state index in [1.807, 2.05) is 33.3 Å². The summed E-state index contributed by atoms with van der Waals surface area (Å²) in [5, 5.41) is 3.03. The molecule has 0 bridgehead atoms. The van der Waals surface area contributed by atoms with Crippen LogP contribution < -0.4 is 10.2 Å². The van der Waals surface area contributed by atoms with Gasteiger partial charge in [-0.2, -0.15) is 0 Å². The van der Waals surface area contributed by atoms with Gasteiger partial charge in [0.05, 0.1) is 33.8 Å². The molecule has 0 saturated heterocycles. The van der Waals surface area contributed by atoms with Crippen molar-refractivity contribution in [2.75, 3.05) is 40.9 Å². The van der Waals surface area contributed by atoms with E-state index < -0.39 is 26.6 Å². The lowest BCUT2D eigenvalue weighted by molar-refractivity contribution is -0.870. The van der Waals surface area contributed by atoms with E-state index in [-0.39, 0.29) is 24.9 Å². The minimum absolute atomic E-state index is 0.0273. The Morgan fingerprint density at radius 1 is 0.422 bits per heavy atom. The first-order chi connectivity index (χ1) is 40.4. The fraction of sp³-hybridized carbons (Fsp3) is 0.781. The molecule has 0 radical (unpaired) electrons. The molecule has 1 amide bonds. The van der Waals surface area contributed by atoms with E-state index in [4.69, 9.17) is 13.8 Å². The molecule has 0 aromatic carbocycles. The maximum atomic E-state index is 13.6. The van der Waals surface area contributed by atoms with Crippen LogP contribution in [-0.4, -0.2) is 69.4 Å². The molecule has 0 rings (SSSR count). The number of allylic oxidation sites excluding steroid dienone is 13. The Morgan fingerprint density at radius 2 is 0.735 bits per heavy atom. The Morgan fingerprint density at radius 3 is 1.12 bits per heavy atom. The number of ether oxygens (including phenoxy) is 1. The summed E-state index contributed by atoms with van der Waals surface area (Å²) in [5.74, 6) is -0.549. The number of hydrogen-bond acceptors (Lipinski definition) is 7. The highest BCUT2D eigenvalue weighted by Gasteiger charge is 2.27. The monoisotopic (exact) mass is 1180 g/mol. The van der Waals surface area contributed by atoms with Crippen LogP contribution in [0.2, 0.25) is 0 Å². The van der Waals surface area contributed by atoms with Crippen LogP contribution in [-0.2, 0) is 27.9 Å². The SMILES string of the molecule is CCCCC/C=C\C/C=C\C/C=C\C/C=C\CCCCCCCCCC(=O)NC(COP(=O)([O-])OCC[N+](C)(C)C)C(/C=C/CCCCCCCCCCC)OC(=O)CCCCCCCCCCCCCCC/C=C\C/C=C\CCCCC. The Kier molecular flexibility index (Phi) is 60.1. The lowest BCUT2D eigenvalue weighted by Gasteiger charge is -2.30. The zero-order valence-corrected chi connectivity index (χ0v) is 56.0. The molecule has 9 nitrogen and oxygen atoms in total. The van der Waals surface area contributed by atoms with Gasteiger partial charge in [-0.05, 0) is 109 Å². The van der Waals surface area contributed by atoms with Gasteiger partial charge in [0.1, 0.15) is 19.3 Å². The van der Waals surface area contributed by atoms with Crippen molar-refractivity contribution in [3.05, 3.63) is 85.1 Å². The predicted octanol–water partition coefficient (Wildman–Crippen LogP) is 21.5. The van der Waals surface area contributed by atoms with Crippen molar-refractivity contribution in [1.82, 2.24) is 5.32 Å². The molecule has 1 N–H and O–H groups in total. The summed E-state index contributed by atoms with van der Waals surface area (Å²) in [6, 6.07) is -0.899. The number of phosphoric ester groups is 1. The number of carbonyl (C=O) groups is 2. The fourth-order valence-electron chi connectivity index (χ4n) is 9.89. The van der Waals surface area contributed by atoms with Crippen molar-refractivity contribution in [2.24, 2.45) is 0 Å². The Hall–Kier alpha value is -2.81. The van der Waals surface area contributed by atoms with E-state index in [0.29, 0.717) is 17.4 Å². The smallest absolute Gasteiger partial charge is 0.306 e. The van der Waals surface area contributed by atoms with Crippen LogP contribution >= 0.6 is 7.82 Å². The molecule has 0 aromatic heterocycles. The second-order valence-corrected chi connectivity index (χ2v) is 26.1. The van der Waals surface area contributed by atoms with E-state index in [1.54, 1.807) is 0 Å². The first-order valence-electron chi connectivity index (χ1n) is 34.9. The van der Waals surface area contributed by atoms with Gasteiger partial charge in [-0.1, -0.05) is 280 Å². The van der Waals surface area contributed by atoms with E-state index in [0.717, 1.165) is 96.3 Å². The molecular weight excluding hydrogens is 1050 g/mol. The van der Waals surface area contributed by atoms with E-state index >= 15 is 0 Å². The van der Waals surface area contributed by atoms with Crippen LogP contribution in [0.25, 0.3) is 0 Å². The Bertz CT molecular complexity index is 1700. The van der Waals surface area contributed by atoms with Crippen LogP contribution in [0.4, 0.5) is 0 Å². The highest BCUT2D eigenvalue weighted by atomic mass is 31.2. The van der Waals surface area contributed by atoms with Gasteiger partial charge in [0.25, 0.3) is 7.82 Å². The predicted molar refractivity (Wildman–Crippen MR) is 358 cm³/mol. The number of phosphoric acid groups is 1. The van der Waals surface area contributed by atoms with Crippen molar-refractivity contribution in [2.45, 2.75) is 328 Å².